The standard InChI is InChI=1S/C23H19Cl2N7O/c1-30-13-26-22(33)23(30)11-31(12-23)21-19-18(10-27-29-21)32(15-8-6-14(24)7-9-15)20(28-19)16-4-2-3-5-17(16)25/h2-10H,11-13H2,1H3,(H,26,33). The van der Waals surface area contributed by atoms with E-state index >= 15 is 0 Å². The van der Waals surface area contributed by atoms with Gasteiger partial charge in [-0.3, -0.25) is 14.3 Å². The summed E-state index contributed by atoms with van der Waals surface area (Å²) in [6.45, 7) is 1.60. The summed E-state index contributed by atoms with van der Waals surface area (Å²) in [7, 11) is 1.95. The summed E-state index contributed by atoms with van der Waals surface area (Å²) in [5.41, 5.74) is 2.64. The van der Waals surface area contributed by atoms with Crippen molar-refractivity contribution in [1.29, 1.82) is 0 Å². The first-order valence-corrected chi connectivity index (χ1v) is 11.2. The van der Waals surface area contributed by atoms with Gasteiger partial charge in [-0.15, -0.1) is 5.10 Å². The summed E-state index contributed by atoms with van der Waals surface area (Å²) in [6.07, 6.45) is 1.70. The molecule has 1 spiro atoms. The van der Waals surface area contributed by atoms with E-state index in [1.54, 1.807) is 6.20 Å². The molecule has 0 unspecified atom stereocenters. The van der Waals surface area contributed by atoms with E-state index in [0.717, 1.165) is 16.8 Å². The van der Waals surface area contributed by atoms with Crippen LogP contribution in [0.5, 0.6) is 0 Å². The van der Waals surface area contributed by atoms with Crippen LogP contribution < -0.4 is 10.2 Å². The molecule has 0 bridgehead atoms. The predicted molar refractivity (Wildman–Crippen MR) is 128 cm³/mol. The van der Waals surface area contributed by atoms with Crippen LogP contribution >= 0.6 is 23.2 Å². The molecule has 33 heavy (non-hydrogen) atoms. The summed E-state index contributed by atoms with van der Waals surface area (Å²) >= 11 is 12.7. The molecule has 2 aromatic carbocycles. The lowest BCUT2D eigenvalue weighted by molar-refractivity contribution is -0.127. The van der Waals surface area contributed by atoms with Crippen molar-refractivity contribution in [2.24, 2.45) is 0 Å². The smallest absolute Gasteiger partial charge is 0.245 e. The molecule has 2 aromatic heterocycles. The van der Waals surface area contributed by atoms with E-state index in [4.69, 9.17) is 28.2 Å². The van der Waals surface area contributed by atoms with Crippen molar-refractivity contribution in [3.8, 4) is 17.1 Å². The third-order valence-corrected chi connectivity index (χ3v) is 7.07. The Bertz CT molecular complexity index is 1400. The highest BCUT2D eigenvalue weighted by molar-refractivity contribution is 6.33. The van der Waals surface area contributed by atoms with Crippen LogP contribution in [0.3, 0.4) is 0 Å². The van der Waals surface area contributed by atoms with Gasteiger partial charge in [0.2, 0.25) is 5.91 Å². The van der Waals surface area contributed by atoms with Gasteiger partial charge in [0.25, 0.3) is 0 Å². The lowest BCUT2D eigenvalue weighted by Gasteiger charge is -2.49. The normalized spacial score (nSPS) is 17.5. The average Bonchev–Trinajstić information content (AvgIpc) is 3.31. The molecule has 166 valence electrons. The van der Waals surface area contributed by atoms with Gasteiger partial charge in [-0.25, -0.2) is 4.98 Å². The first-order valence-electron chi connectivity index (χ1n) is 10.5. The van der Waals surface area contributed by atoms with E-state index in [1.807, 2.05) is 69.9 Å². The van der Waals surface area contributed by atoms with Gasteiger partial charge in [-0.1, -0.05) is 35.3 Å². The molecule has 8 nitrogen and oxygen atoms in total. The molecule has 0 saturated carbocycles. The Hall–Kier alpha value is -3.20. The fourth-order valence-corrected chi connectivity index (χ4v) is 4.94. The number of carbonyl (C=O) groups excluding carboxylic acids is 1. The summed E-state index contributed by atoms with van der Waals surface area (Å²) < 4.78 is 2.01. The van der Waals surface area contributed by atoms with E-state index in [2.05, 4.69) is 15.5 Å². The van der Waals surface area contributed by atoms with Gasteiger partial charge in [0, 0.05) is 29.4 Å². The molecule has 2 saturated heterocycles. The van der Waals surface area contributed by atoms with Crippen LogP contribution in [0.25, 0.3) is 28.1 Å². The van der Waals surface area contributed by atoms with Crippen LogP contribution in [-0.4, -0.2) is 62.9 Å². The van der Waals surface area contributed by atoms with Crippen LogP contribution in [0.15, 0.2) is 54.7 Å². The monoisotopic (exact) mass is 479 g/mol. The van der Waals surface area contributed by atoms with Crippen molar-refractivity contribution < 1.29 is 4.79 Å². The molecule has 2 fully saturated rings. The van der Waals surface area contributed by atoms with Crippen LogP contribution in [0.1, 0.15) is 0 Å². The lowest BCUT2D eigenvalue weighted by atomic mass is 9.88. The second-order valence-electron chi connectivity index (χ2n) is 8.38. The molecule has 0 radical (unpaired) electrons. The van der Waals surface area contributed by atoms with Gasteiger partial charge < -0.3 is 10.2 Å². The number of fused-ring (bicyclic) bond motifs is 1. The molecule has 1 N–H and O–H groups in total. The number of rotatable bonds is 3. The number of hydrogen-bond acceptors (Lipinski definition) is 6. The number of nitrogens with zero attached hydrogens (tertiary/aromatic N) is 6. The summed E-state index contributed by atoms with van der Waals surface area (Å²) in [4.78, 5) is 21.5. The number of halogens is 2. The van der Waals surface area contributed by atoms with E-state index < -0.39 is 5.54 Å². The quantitative estimate of drug-likeness (QED) is 0.485. The van der Waals surface area contributed by atoms with Crippen molar-refractivity contribution in [2.75, 3.05) is 31.7 Å². The van der Waals surface area contributed by atoms with Gasteiger partial charge in [-0.05, 0) is 43.4 Å². The zero-order valence-corrected chi connectivity index (χ0v) is 19.2. The maximum absolute atomic E-state index is 12.5. The van der Waals surface area contributed by atoms with Crippen LogP contribution in [-0.2, 0) is 4.79 Å². The topological polar surface area (TPSA) is 79.2 Å². The van der Waals surface area contributed by atoms with Gasteiger partial charge in [0.1, 0.15) is 16.9 Å². The van der Waals surface area contributed by atoms with Crippen molar-refractivity contribution in [2.45, 2.75) is 5.54 Å². The van der Waals surface area contributed by atoms with Crippen molar-refractivity contribution in [3.05, 3.63) is 64.8 Å². The Morgan fingerprint density at radius 1 is 1.06 bits per heavy atom. The highest BCUT2D eigenvalue weighted by Gasteiger charge is 2.56. The second kappa shape index (κ2) is 7.41. The third kappa shape index (κ3) is 3.02. The largest absolute Gasteiger partial charge is 0.348 e. The number of imidazole rings is 1. The maximum Gasteiger partial charge on any atom is 0.245 e. The molecule has 2 aliphatic heterocycles. The fraction of sp³-hybridized carbons (Fsp3) is 0.217. The number of anilines is 1. The molecule has 0 atom stereocenters. The first kappa shape index (κ1) is 20.4. The Balaban J connectivity index is 1.52. The number of amides is 1. The van der Waals surface area contributed by atoms with Crippen LogP contribution in [0.4, 0.5) is 5.82 Å². The van der Waals surface area contributed by atoms with Crippen LogP contribution in [0.2, 0.25) is 10.0 Å². The fourth-order valence-electron chi connectivity index (χ4n) is 4.59. The molecule has 4 aromatic rings. The SMILES string of the molecule is CN1CNC(=O)C12CN(c1nncc3c1nc(-c1ccccc1Cl)n3-c1ccc(Cl)cc1)C2. The zero-order chi connectivity index (χ0) is 22.7. The summed E-state index contributed by atoms with van der Waals surface area (Å²) in [6, 6.07) is 15.1. The van der Waals surface area contributed by atoms with Crippen molar-refractivity contribution >= 4 is 46.0 Å². The molecule has 4 heterocycles. The van der Waals surface area contributed by atoms with Gasteiger partial charge in [0.15, 0.2) is 5.82 Å². The molecular weight excluding hydrogens is 461 g/mol. The maximum atomic E-state index is 12.5. The minimum Gasteiger partial charge on any atom is -0.348 e. The molecule has 10 heteroatoms. The van der Waals surface area contributed by atoms with Gasteiger partial charge in [-0.2, -0.15) is 5.10 Å². The predicted octanol–water partition coefficient (Wildman–Crippen LogP) is 3.37. The first-order chi connectivity index (χ1) is 16.0. The van der Waals surface area contributed by atoms with E-state index in [-0.39, 0.29) is 5.91 Å². The number of benzene rings is 2. The minimum absolute atomic E-state index is 0.0461. The van der Waals surface area contributed by atoms with Crippen molar-refractivity contribution in [1.82, 2.24) is 30.0 Å². The van der Waals surface area contributed by atoms with E-state index in [0.29, 0.717) is 47.0 Å². The number of aromatic nitrogens is 4. The minimum atomic E-state index is -0.534. The zero-order valence-electron chi connectivity index (χ0n) is 17.7. The Labute approximate surface area is 199 Å². The highest BCUT2D eigenvalue weighted by Crippen LogP contribution is 2.39. The highest BCUT2D eigenvalue weighted by atomic mass is 35.5. The summed E-state index contributed by atoms with van der Waals surface area (Å²) in [5.74, 6) is 1.37. The van der Waals surface area contributed by atoms with Crippen molar-refractivity contribution in [3.63, 3.8) is 0 Å². The molecule has 1 amide bonds. The van der Waals surface area contributed by atoms with Gasteiger partial charge in [0.05, 0.1) is 23.4 Å². The third-order valence-electron chi connectivity index (χ3n) is 6.49. The van der Waals surface area contributed by atoms with Gasteiger partial charge >= 0.3 is 0 Å². The Morgan fingerprint density at radius 3 is 2.52 bits per heavy atom. The molecule has 0 aliphatic carbocycles. The lowest BCUT2D eigenvalue weighted by Crippen LogP contribution is -2.71. The Kier molecular flexibility index (Phi) is 4.58. The number of hydrogen-bond donors (Lipinski definition) is 1. The molecule has 2 aliphatic rings. The number of likely N-dealkylation sites (N-methyl/N-ethyl adjacent to an activating group) is 1. The van der Waals surface area contributed by atoms with E-state index in [1.165, 1.54) is 0 Å². The molecule has 6 rings (SSSR count). The molecular formula is C23H19Cl2N7O. The number of carbonyl (C=O) groups is 1. The van der Waals surface area contributed by atoms with Crippen LogP contribution in [0, 0.1) is 0 Å². The van der Waals surface area contributed by atoms with E-state index in [9.17, 15) is 4.79 Å². The second-order valence-corrected chi connectivity index (χ2v) is 9.22. The number of nitrogens with one attached hydrogen (secondary N) is 1. The Morgan fingerprint density at radius 2 is 1.82 bits per heavy atom. The average molecular weight is 480 g/mol. The summed E-state index contributed by atoms with van der Waals surface area (Å²) in [5, 5.41) is 12.8.